The van der Waals surface area contributed by atoms with Gasteiger partial charge in [-0.05, 0) is 89.9 Å². The van der Waals surface area contributed by atoms with Gasteiger partial charge >= 0.3 is 19.8 Å². The number of ether oxygens (including phenoxy) is 2. The van der Waals surface area contributed by atoms with E-state index in [0.29, 0.717) is 12.8 Å². The minimum Gasteiger partial charge on any atom is -0.462 e. The maximum absolute atomic E-state index is 12.4. The number of hydrogen-bond donors (Lipinski definition) is 2. The fourth-order valence-electron chi connectivity index (χ4n) is 4.82. The first-order valence-corrected chi connectivity index (χ1v) is 21.7. The Hall–Kier alpha value is -3.29. The molecular formula is C45H71O8P. The van der Waals surface area contributed by atoms with E-state index in [9.17, 15) is 14.2 Å². The first kappa shape index (κ1) is 50.7. The van der Waals surface area contributed by atoms with Crippen molar-refractivity contribution in [2.45, 2.75) is 148 Å². The summed E-state index contributed by atoms with van der Waals surface area (Å²) >= 11 is 0. The first-order valence-electron chi connectivity index (χ1n) is 20.2. The van der Waals surface area contributed by atoms with Gasteiger partial charge in [0.15, 0.2) is 6.10 Å². The molecule has 9 heteroatoms. The van der Waals surface area contributed by atoms with E-state index in [2.05, 4.69) is 116 Å². The Morgan fingerprint density at radius 1 is 0.500 bits per heavy atom. The zero-order valence-corrected chi connectivity index (χ0v) is 34.2. The number of phosphoric ester groups is 1. The maximum atomic E-state index is 12.4. The maximum Gasteiger partial charge on any atom is 0.469 e. The molecule has 54 heavy (non-hydrogen) atoms. The third-order valence-electron chi connectivity index (χ3n) is 7.79. The highest BCUT2D eigenvalue weighted by Crippen LogP contribution is 2.35. The molecule has 0 unspecified atom stereocenters. The van der Waals surface area contributed by atoms with E-state index in [1.54, 1.807) is 0 Å². The highest BCUT2D eigenvalue weighted by Gasteiger charge is 2.22. The summed E-state index contributed by atoms with van der Waals surface area (Å²) < 4.78 is 26.3. The van der Waals surface area contributed by atoms with Crippen molar-refractivity contribution in [2.24, 2.45) is 0 Å². The molecule has 0 aliphatic carbocycles. The van der Waals surface area contributed by atoms with Gasteiger partial charge < -0.3 is 19.3 Å². The van der Waals surface area contributed by atoms with Crippen LogP contribution in [0, 0.1) is 0 Å². The number of phosphoric acid groups is 1. The lowest BCUT2D eigenvalue weighted by molar-refractivity contribution is -0.161. The topological polar surface area (TPSA) is 119 Å². The van der Waals surface area contributed by atoms with Crippen LogP contribution in [0.2, 0.25) is 0 Å². The lowest BCUT2D eigenvalue weighted by Gasteiger charge is -2.18. The van der Waals surface area contributed by atoms with Gasteiger partial charge in [-0.15, -0.1) is 0 Å². The summed E-state index contributed by atoms with van der Waals surface area (Å²) in [4.78, 5) is 42.8. The fourth-order valence-corrected chi connectivity index (χ4v) is 5.18. The van der Waals surface area contributed by atoms with Crippen LogP contribution in [-0.4, -0.2) is 41.0 Å². The van der Waals surface area contributed by atoms with Gasteiger partial charge in [-0.1, -0.05) is 149 Å². The summed E-state index contributed by atoms with van der Waals surface area (Å²) in [6, 6.07) is 0. The number of unbranched alkanes of at least 4 members (excludes halogenated alkanes) is 7. The predicted molar refractivity (Wildman–Crippen MR) is 225 cm³/mol. The van der Waals surface area contributed by atoms with Crippen molar-refractivity contribution in [3.8, 4) is 0 Å². The number of rotatable bonds is 35. The van der Waals surface area contributed by atoms with Crippen molar-refractivity contribution in [1.82, 2.24) is 0 Å². The Morgan fingerprint density at radius 3 is 1.39 bits per heavy atom. The molecular weight excluding hydrogens is 699 g/mol. The second kappa shape index (κ2) is 39.4. The van der Waals surface area contributed by atoms with Crippen molar-refractivity contribution in [3.05, 3.63) is 109 Å². The van der Waals surface area contributed by atoms with Crippen LogP contribution in [0.4, 0.5) is 0 Å². The SMILES string of the molecule is CC/C=C\C/C=C\C/C=C\C/C=C\CCCCCCC(=O)OC[C@H](COP(=O)(O)O)OC(=O)CC/C=C\C/C=C\C/C=C\C/C=C\C/C=C\CCCCC. The van der Waals surface area contributed by atoms with Gasteiger partial charge in [0.2, 0.25) is 0 Å². The molecule has 0 spiro atoms. The van der Waals surface area contributed by atoms with Crippen LogP contribution < -0.4 is 0 Å². The molecule has 0 aromatic heterocycles. The highest BCUT2D eigenvalue weighted by molar-refractivity contribution is 7.46. The van der Waals surface area contributed by atoms with Crippen LogP contribution >= 0.6 is 7.82 Å². The molecule has 0 fully saturated rings. The molecule has 0 radical (unpaired) electrons. The Bertz CT molecular complexity index is 1230. The molecule has 0 aliphatic heterocycles. The van der Waals surface area contributed by atoms with E-state index in [1.165, 1.54) is 25.7 Å². The summed E-state index contributed by atoms with van der Waals surface area (Å²) in [5.41, 5.74) is 0. The number of carbonyl (C=O) groups excluding carboxylic acids is 2. The Balaban J connectivity index is 4.15. The Morgan fingerprint density at radius 2 is 0.926 bits per heavy atom. The number of allylic oxidation sites excluding steroid dienone is 18. The molecule has 0 aliphatic rings. The number of esters is 2. The average molecular weight is 771 g/mol. The van der Waals surface area contributed by atoms with E-state index in [1.807, 2.05) is 12.2 Å². The van der Waals surface area contributed by atoms with E-state index in [0.717, 1.165) is 77.0 Å². The van der Waals surface area contributed by atoms with E-state index >= 15 is 0 Å². The summed E-state index contributed by atoms with van der Waals surface area (Å²) in [5.74, 6) is -1.02. The van der Waals surface area contributed by atoms with E-state index < -0.39 is 32.5 Å². The smallest absolute Gasteiger partial charge is 0.462 e. The van der Waals surface area contributed by atoms with Gasteiger partial charge in [-0.2, -0.15) is 0 Å². The molecule has 0 rings (SSSR count). The summed E-state index contributed by atoms with van der Waals surface area (Å²) in [6.45, 7) is 3.44. The largest absolute Gasteiger partial charge is 0.469 e. The number of carbonyl (C=O) groups is 2. The van der Waals surface area contributed by atoms with Crippen molar-refractivity contribution >= 4 is 19.8 Å². The minimum atomic E-state index is -4.79. The molecule has 2 N–H and O–H groups in total. The van der Waals surface area contributed by atoms with Gasteiger partial charge in [0.1, 0.15) is 6.61 Å². The third kappa shape index (κ3) is 41.5. The molecule has 8 nitrogen and oxygen atoms in total. The third-order valence-corrected chi connectivity index (χ3v) is 8.27. The highest BCUT2D eigenvalue weighted by atomic mass is 31.2. The van der Waals surface area contributed by atoms with Gasteiger partial charge in [0.25, 0.3) is 0 Å². The molecule has 0 amide bonds. The first-order chi connectivity index (χ1) is 26.3. The molecule has 0 saturated carbocycles. The monoisotopic (exact) mass is 770 g/mol. The van der Waals surface area contributed by atoms with Crippen LogP contribution in [0.3, 0.4) is 0 Å². The van der Waals surface area contributed by atoms with Crippen molar-refractivity contribution in [1.29, 1.82) is 0 Å². The molecule has 0 saturated heterocycles. The normalized spacial score (nSPS) is 13.6. The summed E-state index contributed by atoms with van der Waals surface area (Å²) in [7, 11) is -4.79. The molecule has 304 valence electrons. The van der Waals surface area contributed by atoms with Crippen molar-refractivity contribution < 1.29 is 37.9 Å². The van der Waals surface area contributed by atoms with Crippen molar-refractivity contribution in [2.75, 3.05) is 13.2 Å². The summed E-state index contributed by atoms with van der Waals surface area (Å²) in [5, 5.41) is 0. The predicted octanol–water partition coefficient (Wildman–Crippen LogP) is 12.4. The Labute approximate surface area is 327 Å². The van der Waals surface area contributed by atoms with Crippen molar-refractivity contribution in [3.63, 3.8) is 0 Å². The molecule has 0 bridgehead atoms. The van der Waals surface area contributed by atoms with Gasteiger partial charge in [0.05, 0.1) is 6.61 Å². The zero-order valence-electron chi connectivity index (χ0n) is 33.3. The molecule has 1 atom stereocenters. The van der Waals surface area contributed by atoms with Gasteiger partial charge in [0, 0.05) is 12.8 Å². The summed E-state index contributed by atoms with van der Waals surface area (Å²) in [6.07, 6.45) is 55.3. The molecule has 0 aromatic carbocycles. The quantitative estimate of drug-likeness (QED) is 0.0283. The van der Waals surface area contributed by atoms with Gasteiger partial charge in [-0.3, -0.25) is 14.1 Å². The second-order valence-corrected chi connectivity index (χ2v) is 14.1. The molecule has 0 heterocycles. The lowest BCUT2D eigenvalue weighted by Crippen LogP contribution is -2.29. The van der Waals surface area contributed by atoms with Crippen LogP contribution in [0.25, 0.3) is 0 Å². The average Bonchev–Trinajstić information content (AvgIpc) is 3.14. The zero-order chi connectivity index (χ0) is 39.6. The molecule has 0 aromatic rings. The van der Waals surface area contributed by atoms with Crippen LogP contribution in [0.1, 0.15) is 142 Å². The lowest BCUT2D eigenvalue weighted by atomic mass is 10.1. The van der Waals surface area contributed by atoms with Crippen LogP contribution in [-0.2, 0) is 28.2 Å². The minimum absolute atomic E-state index is 0.0758. The second-order valence-electron chi connectivity index (χ2n) is 12.9. The van der Waals surface area contributed by atoms with E-state index in [4.69, 9.17) is 19.3 Å². The van der Waals surface area contributed by atoms with Gasteiger partial charge in [-0.25, -0.2) is 4.57 Å². The standard InChI is InChI=1S/C45H71O8P/c1-3-5-7-9-11-13-15-17-19-21-22-24-26-28-30-32-34-36-38-40-45(47)53-43(42-52-54(48,49)50)41-51-44(46)39-37-35-33-31-29-27-25-23-20-18-16-14-12-10-8-6-4-2/h6,8,11-14,17-20,22,24-25,27-28,30,34,36,43H,3-5,7,9-10,15-16,21,23,26,29,31-33,35,37-42H2,1-2H3,(H2,48,49,50)/b8-6-,13-11-,14-12-,19-17-,20-18-,24-22-,27-25-,30-28-,36-34-/t43-/m1/s1. The van der Waals surface area contributed by atoms with Crippen LogP contribution in [0.15, 0.2) is 109 Å². The van der Waals surface area contributed by atoms with Crippen LogP contribution in [0.5, 0.6) is 0 Å². The fraction of sp³-hybridized carbons (Fsp3) is 0.556. The number of hydrogen-bond acceptors (Lipinski definition) is 6. The van der Waals surface area contributed by atoms with E-state index in [-0.39, 0.29) is 19.4 Å². The Kier molecular flexibility index (Phi) is 37.0.